The molecule has 1 heterocycles. The summed E-state index contributed by atoms with van der Waals surface area (Å²) in [5, 5.41) is 26.4. The van der Waals surface area contributed by atoms with Crippen molar-refractivity contribution in [2.45, 2.75) is 39.0 Å². The fourth-order valence-corrected chi connectivity index (χ4v) is 1.72. The van der Waals surface area contributed by atoms with E-state index in [4.69, 9.17) is 0 Å². The smallest absolute Gasteiger partial charge is 0.188 e. The topological polar surface area (TPSA) is 86.7 Å². The number of hydrogen-bond acceptors (Lipinski definition) is 5. The van der Waals surface area contributed by atoms with Gasteiger partial charge in [-0.15, -0.1) is 10.2 Å². The Bertz CT molecular complexity index is 297. The van der Waals surface area contributed by atoms with Gasteiger partial charge in [0.05, 0.1) is 12.6 Å². The van der Waals surface area contributed by atoms with Gasteiger partial charge in [0.2, 0.25) is 0 Å². The molecule has 0 saturated heterocycles. The molecule has 1 aliphatic carbocycles. The van der Waals surface area contributed by atoms with Gasteiger partial charge in [0, 0.05) is 11.5 Å². The first kappa shape index (κ1) is 9.54. The van der Waals surface area contributed by atoms with Crippen LogP contribution >= 0.6 is 0 Å². The van der Waals surface area contributed by atoms with Gasteiger partial charge in [-0.1, -0.05) is 19.1 Å². The highest BCUT2D eigenvalue weighted by molar-refractivity contribution is 5.02. The zero-order valence-corrected chi connectivity index (χ0v) is 8.36. The number of nitrogens with zero attached hydrogens (tertiary/aromatic N) is 3. The van der Waals surface area contributed by atoms with Crippen molar-refractivity contribution in [3.05, 3.63) is 5.82 Å². The maximum atomic E-state index is 9.51. The summed E-state index contributed by atoms with van der Waals surface area (Å²) < 4.78 is 0. The monoisotopic (exact) mass is 197 g/mol. The standard InChI is InChI=1S/C8H15N5O/c1-8(2)5(3-6(8)14)9-4-7-10-12-13-11-7/h5-6,9,14H,3-4H2,1-2H3,(H,10,11,12,13). The van der Waals surface area contributed by atoms with Crippen molar-refractivity contribution >= 4 is 0 Å². The third-order valence-electron chi connectivity index (χ3n) is 3.11. The number of H-pyrrole nitrogens is 1. The van der Waals surface area contributed by atoms with Gasteiger partial charge in [0.15, 0.2) is 5.82 Å². The minimum atomic E-state index is -0.203. The van der Waals surface area contributed by atoms with Crippen LogP contribution in [0.2, 0.25) is 0 Å². The number of rotatable bonds is 3. The summed E-state index contributed by atoms with van der Waals surface area (Å²) in [6, 6.07) is 0.330. The molecule has 0 radical (unpaired) electrons. The average Bonchev–Trinajstić information content (AvgIpc) is 2.64. The lowest BCUT2D eigenvalue weighted by Gasteiger charge is -2.49. The molecule has 0 amide bonds. The molecular formula is C8H15N5O. The van der Waals surface area contributed by atoms with Crippen LogP contribution in [0.5, 0.6) is 0 Å². The van der Waals surface area contributed by atoms with Gasteiger partial charge in [0.25, 0.3) is 0 Å². The zero-order valence-electron chi connectivity index (χ0n) is 8.36. The lowest BCUT2D eigenvalue weighted by Crippen LogP contribution is -2.59. The molecule has 2 unspecified atom stereocenters. The first-order valence-corrected chi connectivity index (χ1v) is 4.74. The first-order chi connectivity index (χ1) is 6.60. The molecule has 2 atom stereocenters. The van der Waals surface area contributed by atoms with Crippen molar-refractivity contribution in [3.63, 3.8) is 0 Å². The second-order valence-corrected chi connectivity index (χ2v) is 4.33. The molecule has 3 N–H and O–H groups in total. The molecule has 78 valence electrons. The average molecular weight is 197 g/mol. The van der Waals surface area contributed by atoms with Gasteiger partial charge in [-0.2, -0.15) is 5.21 Å². The maximum absolute atomic E-state index is 9.51. The summed E-state index contributed by atoms with van der Waals surface area (Å²) in [6.07, 6.45) is 0.593. The van der Waals surface area contributed by atoms with Crippen LogP contribution in [0.3, 0.4) is 0 Å². The van der Waals surface area contributed by atoms with Gasteiger partial charge in [-0.3, -0.25) is 0 Å². The second-order valence-electron chi connectivity index (χ2n) is 4.33. The third kappa shape index (κ3) is 1.51. The molecule has 1 aliphatic rings. The van der Waals surface area contributed by atoms with E-state index in [2.05, 4.69) is 39.8 Å². The Morgan fingerprint density at radius 1 is 1.64 bits per heavy atom. The highest BCUT2D eigenvalue weighted by Crippen LogP contribution is 2.40. The summed E-state index contributed by atoms with van der Waals surface area (Å²) in [4.78, 5) is 0. The molecule has 14 heavy (non-hydrogen) atoms. The number of aliphatic hydroxyl groups is 1. The number of hydrogen-bond donors (Lipinski definition) is 3. The molecule has 6 nitrogen and oxygen atoms in total. The van der Waals surface area contributed by atoms with E-state index in [0.29, 0.717) is 18.4 Å². The predicted molar refractivity (Wildman–Crippen MR) is 49.2 cm³/mol. The Morgan fingerprint density at radius 2 is 2.43 bits per heavy atom. The van der Waals surface area contributed by atoms with Gasteiger partial charge >= 0.3 is 0 Å². The largest absolute Gasteiger partial charge is 0.392 e. The minimum Gasteiger partial charge on any atom is -0.392 e. The Morgan fingerprint density at radius 3 is 2.93 bits per heavy atom. The van der Waals surface area contributed by atoms with Gasteiger partial charge in [-0.05, 0) is 6.42 Å². The van der Waals surface area contributed by atoms with Crippen molar-refractivity contribution in [1.29, 1.82) is 0 Å². The van der Waals surface area contributed by atoms with Gasteiger partial charge < -0.3 is 10.4 Å². The van der Waals surface area contributed by atoms with Gasteiger partial charge in [0.1, 0.15) is 0 Å². The van der Waals surface area contributed by atoms with E-state index in [1.165, 1.54) is 0 Å². The lowest BCUT2D eigenvalue weighted by atomic mass is 9.64. The van der Waals surface area contributed by atoms with E-state index in [1.807, 2.05) is 0 Å². The van der Waals surface area contributed by atoms with Crippen molar-refractivity contribution in [1.82, 2.24) is 25.9 Å². The SMILES string of the molecule is CC1(C)C(O)CC1NCc1nn[nH]n1. The molecule has 1 aromatic rings. The fourth-order valence-electron chi connectivity index (χ4n) is 1.72. The van der Waals surface area contributed by atoms with Crippen LogP contribution in [0.4, 0.5) is 0 Å². The quantitative estimate of drug-likeness (QED) is 0.605. The third-order valence-corrected chi connectivity index (χ3v) is 3.11. The van der Waals surface area contributed by atoms with Crippen LogP contribution in [-0.2, 0) is 6.54 Å². The predicted octanol–water partition coefficient (Wildman–Crippen LogP) is -0.551. The normalized spacial score (nSPS) is 29.9. The van der Waals surface area contributed by atoms with E-state index in [0.717, 1.165) is 6.42 Å². The van der Waals surface area contributed by atoms with Crippen molar-refractivity contribution < 1.29 is 5.11 Å². The molecule has 0 spiro atoms. The van der Waals surface area contributed by atoms with Crippen LogP contribution in [0.1, 0.15) is 26.1 Å². The fraction of sp³-hybridized carbons (Fsp3) is 0.875. The van der Waals surface area contributed by atoms with Crippen molar-refractivity contribution in [2.24, 2.45) is 5.41 Å². The van der Waals surface area contributed by atoms with Crippen LogP contribution < -0.4 is 5.32 Å². The zero-order chi connectivity index (χ0) is 10.2. The minimum absolute atomic E-state index is 0.0518. The number of aromatic amines is 1. The van der Waals surface area contributed by atoms with Crippen LogP contribution in [0.15, 0.2) is 0 Å². The highest BCUT2D eigenvalue weighted by Gasteiger charge is 2.46. The molecular weight excluding hydrogens is 182 g/mol. The second kappa shape index (κ2) is 3.29. The summed E-state index contributed by atoms with van der Waals surface area (Å²) in [6.45, 7) is 4.70. The molecule has 1 saturated carbocycles. The Balaban J connectivity index is 1.83. The summed E-state index contributed by atoms with van der Waals surface area (Å²) in [5.74, 6) is 0.655. The molecule has 2 rings (SSSR count). The number of nitrogens with one attached hydrogen (secondary N) is 2. The molecule has 6 heteroatoms. The van der Waals surface area contributed by atoms with Crippen molar-refractivity contribution in [3.8, 4) is 0 Å². The van der Waals surface area contributed by atoms with Crippen molar-refractivity contribution in [2.75, 3.05) is 0 Å². The van der Waals surface area contributed by atoms with E-state index in [-0.39, 0.29) is 11.5 Å². The van der Waals surface area contributed by atoms with Crippen LogP contribution in [0.25, 0.3) is 0 Å². The van der Waals surface area contributed by atoms with Crippen LogP contribution in [-0.4, -0.2) is 37.9 Å². The van der Waals surface area contributed by atoms with Gasteiger partial charge in [-0.25, -0.2) is 0 Å². The van der Waals surface area contributed by atoms with E-state index in [9.17, 15) is 5.11 Å². The number of tetrazole rings is 1. The van der Waals surface area contributed by atoms with E-state index < -0.39 is 0 Å². The molecule has 0 bridgehead atoms. The first-order valence-electron chi connectivity index (χ1n) is 4.74. The summed E-state index contributed by atoms with van der Waals surface area (Å²) >= 11 is 0. The van der Waals surface area contributed by atoms with E-state index >= 15 is 0 Å². The summed E-state index contributed by atoms with van der Waals surface area (Å²) in [7, 11) is 0. The number of aliphatic hydroxyl groups excluding tert-OH is 1. The molecule has 0 aliphatic heterocycles. The van der Waals surface area contributed by atoms with Crippen LogP contribution in [0, 0.1) is 5.41 Å². The Labute approximate surface area is 82.1 Å². The Kier molecular flexibility index (Phi) is 2.24. The maximum Gasteiger partial charge on any atom is 0.188 e. The molecule has 1 fully saturated rings. The Hall–Kier alpha value is -1.01. The summed E-state index contributed by atoms with van der Waals surface area (Å²) in [5.41, 5.74) is -0.0518. The highest BCUT2D eigenvalue weighted by atomic mass is 16.3. The molecule has 1 aromatic heterocycles. The van der Waals surface area contributed by atoms with E-state index in [1.54, 1.807) is 0 Å². The number of aromatic nitrogens is 4. The molecule has 0 aromatic carbocycles. The lowest BCUT2D eigenvalue weighted by molar-refractivity contribution is -0.0731.